The molecule has 0 aliphatic carbocycles. The Morgan fingerprint density at radius 1 is 1.35 bits per heavy atom. The third-order valence-electron chi connectivity index (χ3n) is 3.25. The summed E-state index contributed by atoms with van der Waals surface area (Å²) in [6.45, 7) is 0.831. The monoisotopic (exact) mass is 412 g/mol. The van der Waals surface area contributed by atoms with Crippen LogP contribution in [0.4, 0.5) is 0 Å². The van der Waals surface area contributed by atoms with Gasteiger partial charge in [-0.25, -0.2) is 9.68 Å². The van der Waals surface area contributed by atoms with E-state index in [4.69, 9.17) is 30.6 Å². The normalized spacial score (nSPS) is 28.8. The minimum absolute atomic E-state index is 0.423. The number of rotatable bonds is 6. The summed E-state index contributed by atoms with van der Waals surface area (Å²) < 4.78 is 16.1. The summed E-state index contributed by atoms with van der Waals surface area (Å²) in [5.74, 6) is 0. The molecule has 5 atom stereocenters. The minimum atomic E-state index is -3.77. The highest BCUT2D eigenvalue weighted by Gasteiger charge is 2.45. The lowest BCUT2D eigenvalue weighted by Gasteiger charge is -2.23. The van der Waals surface area contributed by atoms with Crippen LogP contribution >= 0.6 is 6.72 Å². The molecule has 1 fully saturated rings. The smallest absolute Gasteiger partial charge is 0.353 e. The number of ether oxygens (including phenoxy) is 1. The first-order chi connectivity index (χ1) is 11.9. The van der Waals surface area contributed by atoms with Crippen molar-refractivity contribution in [2.24, 2.45) is 0 Å². The van der Waals surface area contributed by atoms with E-state index in [1.807, 2.05) is 4.98 Å². The zero-order valence-electron chi connectivity index (χ0n) is 14.3. The number of aliphatic hydroxyl groups excluding tert-OH is 2. The van der Waals surface area contributed by atoms with Gasteiger partial charge in [-0.05, 0) is 32.6 Å². The fraction of sp³-hybridized carbons (Fsp3) is 0.692. The average Bonchev–Trinajstić information content (AvgIpc) is 2.79. The number of nitrogens with one attached hydrogen (secondary N) is 1. The van der Waals surface area contributed by atoms with Gasteiger partial charge in [0, 0.05) is 12.3 Å². The molecule has 1 saturated heterocycles. The second-order valence-corrected chi connectivity index (χ2v) is 9.33. The number of hydrogen-bond acceptors (Lipinski definition) is 9. The predicted octanol–water partition coefficient (Wildman–Crippen LogP) is -0.864. The third-order valence-corrected chi connectivity index (χ3v) is 4.48. The summed E-state index contributed by atoms with van der Waals surface area (Å²) in [5, 5.41) is 20.2. The first-order valence-corrected chi connectivity index (χ1v) is 10.2. The van der Waals surface area contributed by atoms with Crippen LogP contribution in [0.3, 0.4) is 0 Å². The summed E-state index contributed by atoms with van der Waals surface area (Å²) in [4.78, 5) is 39.7. The molecule has 2 rings (SSSR count). The van der Waals surface area contributed by atoms with E-state index < -0.39 is 54.7 Å². The maximum Gasteiger partial charge on any atom is 0.353 e. The summed E-state index contributed by atoms with van der Waals surface area (Å²) in [7, 11) is 0. The number of aromatic amines is 1. The summed E-state index contributed by atoms with van der Waals surface area (Å²) >= 11 is 4.77. The molecular weight excluding hydrogens is 391 g/mol. The van der Waals surface area contributed by atoms with Crippen LogP contribution in [-0.2, 0) is 30.6 Å². The van der Waals surface area contributed by atoms with E-state index in [2.05, 4.69) is 0 Å². The Kier molecular flexibility index (Phi) is 6.54. The highest BCUT2D eigenvalue weighted by atomic mass is 32.5. The van der Waals surface area contributed by atoms with Gasteiger partial charge in [0.1, 0.15) is 18.3 Å². The second-order valence-electron chi connectivity index (χ2n) is 6.60. The Morgan fingerprint density at radius 2 is 2.00 bits per heavy atom. The Labute approximate surface area is 153 Å². The molecule has 1 aromatic rings. The molecule has 2 unspecified atom stereocenters. The van der Waals surface area contributed by atoms with Crippen LogP contribution in [-0.4, -0.2) is 55.2 Å². The van der Waals surface area contributed by atoms with E-state index >= 15 is 0 Å². The Hall–Kier alpha value is -0.950. The number of aromatic nitrogens is 2. The summed E-state index contributed by atoms with van der Waals surface area (Å²) in [6.07, 6.45) is -4.15. The molecular formula is C13H21N2O9PS. The van der Waals surface area contributed by atoms with E-state index in [1.165, 1.54) is 0 Å². The molecule has 26 heavy (non-hydrogen) atoms. The van der Waals surface area contributed by atoms with Gasteiger partial charge in [0.05, 0.1) is 12.2 Å². The van der Waals surface area contributed by atoms with E-state index in [9.17, 15) is 24.7 Å². The van der Waals surface area contributed by atoms with Gasteiger partial charge in [0.2, 0.25) is 0 Å². The van der Waals surface area contributed by atoms with E-state index in [1.54, 1.807) is 20.8 Å². The molecule has 4 N–H and O–H groups in total. The average molecular weight is 412 g/mol. The van der Waals surface area contributed by atoms with Gasteiger partial charge < -0.3 is 24.4 Å². The molecule has 13 heteroatoms. The van der Waals surface area contributed by atoms with Crippen molar-refractivity contribution < 1.29 is 33.9 Å². The minimum Gasteiger partial charge on any atom is -0.387 e. The maximum absolute atomic E-state index is 11.8. The number of H-pyrrole nitrogens is 1. The fourth-order valence-electron chi connectivity index (χ4n) is 2.07. The van der Waals surface area contributed by atoms with Crippen molar-refractivity contribution in [1.82, 2.24) is 9.55 Å². The van der Waals surface area contributed by atoms with E-state index in [0.29, 0.717) is 0 Å². The Bertz CT molecular complexity index is 789. The van der Waals surface area contributed by atoms with Crippen LogP contribution in [0, 0.1) is 0 Å². The molecule has 0 bridgehead atoms. The molecule has 0 radical (unpaired) electrons. The molecule has 0 spiro atoms. The molecule has 1 aliphatic rings. The van der Waals surface area contributed by atoms with Gasteiger partial charge in [-0.1, -0.05) is 0 Å². The predicted molar refractivity (Wildman–Crippen MR) is 91.6 cm³/mol. The van der Waals surface area contributed by atoms with Gasteiger partial charge in [-0.2, -0.15) is 0 Å². The van der Waals surface area contributed by atoms with Crippen molar-refractivity contribution in [3.63, 3.8) is 0 Å². The zero-order valence-corrected chi connectivity index (χ0v) is 16.0. The highest BCUT2D eigenvalue weighted by molar-refractivity contribution is 8.07. The molecule has 1 aliphatic heterocycles. The lowest BCUT2D eigenvalue weighted by Crippen LogP contribution is -2.37. The van der Waals surface area contributed by atoms with Crippen LogP contribution in [0.15, 0.2) is 21.9 Å². The SMILES string of the molecule is CC(C)(C)OOP(O)(=S)OC[C@H]1OC(n2ccc(=O)[nH]c2=O)[C@H](O)[C@H]1O. The fourth-order valence-corrected chi connectivity index (χ4v) is 3.04. The molecule has 1 aromatic heterocycles. The van der Waals surface area contributed by atoms with Crippen LogP contribution < -0.4 is 11.2 Å². The first kappa shape index (κ1) is 21.4. The van der Waals surface area contributed by atoms with Gasteiger partial charge in [0.25, 0.3) is 5.56 Å². The van der Waals surface area contributed by atoms with Gasteiger partial charge in [0.15, 0.2) is 6.23 Å². The largest absolute Gasteiger partial charge is 0.387 e. The molecule has 0 aromatic carbocycles. The Balaban J connectivity index is 2.02. The quantitative estimate of drug-likeness (QED) is 0.264. The number of nitrogens with zero attached hydrogens (tertiary/aromatic N) is 1. The Morgan fingerprint density at radius 3 is 2.58 bits per heavy atom. The van der Waals surface area contributed by atoms with Gasteiger partial charge >= 0.3 is 12.4 Å². The molecule has 0 saturated carbocycles. The molecule has 0 amide bonds. The standard InChI is InChI=1S/C13H21N2O9PS/c1-13(2,3)23-24-25(20,26)21-6-7-9(17)10(18)11(22-7)15-5-4-8(16)14-12(15)19/h4-5,7,9-11,17-18H,6H2,1-3H3,(H,20,26)(H,14,16,19)/t7-,9+,10-,11?,25?/m1/s1. The molecule has 2 heterocycles. The van der Waals surface area contributed by atoms with Crippen molar-refractivity contribution in [3.8, 4) is 0 Å². The summed E-state index contributed by atoms with van der Waals surface area (Å²) in [5.41, 5.74) is -2.16. The lowest BCUT2D eigenvalue weighted by molar-refractivity contribution is -0.282. The van der Waals surface area contributed by atoms with Crippen LogP contribution in [0.2, 0.25) is 0 Å². The van der Waals surface area contributed by atoms with E-state index in [0.717, 1.165) is 16.8 Å². The maximum atomic E-state index is 11.8. The van der Waals surface area contributed by atoms with Gasteiger partial charge in [-0.3, -0.25) is 14.3 Å². The van der Waals surface area contributed by atoms with Crippen molar-refractivity contribution >= 4 is 18.5 Å². The molecule has 148 valence electrons. The van der Waals surface area contributed by atoms with Crippen LogP contribution in [0.25, 0.3) is 0 Å². The van der Waals surface area contributed by atoms with Crippen LogP contribution in [0.5, 0.6) is 0 Å². The van der Waals surface area contributed by atoms with Crippen LogP contribution in [0.1, 0.15) is 27.0 Å². The van der Waals surface area contributed by atoms with E-state index in [-0.39, 0.29) is 0 Å². The van der Waals surface area contributed by atoms with Gasteiger partial charge in [-0.15, -0.1) is 4.67 Å². The zero-order chi connectivity index (χ0) is 19.7. The lowest BCUT2D eigenvalue weighted by atomic mass is 10.1. The van der Waals surface area contributed by atoms with Crippen molar-refractivity contribution in [2.45, 2.75) is 50.9 Å². The highest BCUT2D eigenvalue weighted by Crippen LogP contribution is 2.46. The topological polar surface area (TPSA) is 152 Å². The summed E-state index contributed by atoms with van der Waals surface area (Å²) in [6, 6.07) is 1.07. The second kappa shape index (κ2) is 7.97. The first-order valence-electron chi connectivity index (χ1n) is 7.57. The third kappa shape index (κ3) is 5.52. The van der Waals surface area contributed by atoms with Crippen molar-refractivity contribution in [1.29, 1.82) is 0 Å². The van der Waals surface area contributed by atoms with Crippen molar-refractivity contribution in [2.75, 3.05) is 6.61 Å². The van der Waals surface area contributed by atoms with Crippen molar-refractivity contribution in [3.05, 3.63) is 33.1 Å². The molecule has 11 nitrogen and oxygen atoms in total. The number of hydrogen-bond donors (Lipinski definition) is 4. The number of aliphatic hydroxyl groups is 2.